The summed E-state index contributed by atoms with van der Waals surface area (Å²) in [6.07, 6.45) is 0.920. The van der Waals surface area contributed by atoms with Crippen LogP contribution < -0.4 is 18.9 Å². The summed E-state index contributed by atoms with van der Waals surface area (Å²) in [5.74, 6) is 3.02. The molecule has 1 amide bonds. The standard InChI is InChI=1S/C20H21NO5/c1-23-15-4-5-16(18(10-15)24-2)20(22)21-8-7-14(11-21)13-3-6-17-19(9-13)26-12-25-17/h3-6,9-10,14H,7-8,11-12H2,1-2H3. The highest BCUT2D eigenvalue weighted by Gasteiger charge is 2.30. The second-order valence-corrected chi connectivity index (χ2v) is 6.42. The quantitative estimate of drug-likeness (QED) is 0.844. The van der Waals surface area contributed by atoms with Crippen molar-refractivity contribution in [2.45, 2.75) is 12.3 Å². The van der Waals surface area contributed by atoms with Gasteiger partial charge >= 0.3 is 0 Å². The molecule has 136 valence electrons. The van der Waals surface area contributed by atoms with E-state index in [4.69, 9.17) is 18.9 Å². The van der Waals surface area contributed by atoms with Crippen molar-refractivity contribution >= 4 is 5.91 Å². The number of likely N-dealkylation sites (tertiary alicyclic amines) is 1. The summed E-state index contributed by atoms with van der Waals surface area (Å²) in [5, 5.41) is 0. The van der Waals surface area contributed by atoms with E-state index < -0.39 is 0 Å². The molecule has 4 rings (SSSR count). The first-order chi connectivity index (χ1) is 12.7. The number of methoxy groups -OCH3 is 2. The number of benzene rings is 2. The van der Waals surface area contributed by atoms with Crippen molar-refractivity contribution in [1.29, 1.82) is 0 Å². The van der Waals surface area contributed by atoms with Crippen molar-refractivity contribution in [3.63, 3.8) is 0 Å². The fraction of sp³-hybridized carbons (Fsp3) is 0.350. The van der Waals surface area contributed by atoms with Gasteiger partial charge in [0.05, 0.1) is 19.8 Å². The van der Waals surface area contributed by atoms with E-state index in [1.807, 2.05) is 17.0 Å². The predicted molar refractivity (Wildman–Crippen MR) is 95.4 cm³/mol. The van der Waals surface area contributed by atoms with Crippen molar-refractivity contribution in [1.82, 2.24) is 4.90 Å². The molecule has 0 aromatic heterocycles. The van der Waals surface area contributed by atoms with Crippen molar-refractivity contribution in [2.24, 2.45) is 0 Å². The maximum Gasteiger partial charge on any atom is 0.257 e. The van der Waals surface area contributed by atoms with E-state index in [1.54, 1.807) is 32.4 Å². The molecule has 2 aromatic carbocycles. The smallest absolute Gasteiger partial charge is 0.257 e. The summed E-state index contributed by atoms with van der Waals surface area (Å²) in [6, 6.07) is 11.3. The number of amides is 1. The minimum Gasteiger partial charge on any atom is -0.497 e. The van der Waals surface area contributed by atoms with Gasteiger partial charge in [-0.3, -0.25) is 4.79 Å². The van der Waals surface area contributed by atoms with Gasteiger partial charge in [-0.2, -0.15) is 0 Å². The normalized spacial score (nSPS) is 18.1. The largest absolute Gasteiger partial charge is 0.497 e. The van der Waals surface area contributed by atoms with Crippen LogP contribution in [-0.2, 0) is 0 Å². The molecule has 0 aliphatic carbocycles. The first kappa shape index (κ1) is 16.6. The van der Waals surface area contributed by atoms with Gasteiger partial charge in [-0.25, -0.2) is 0 Å². The van der Waals surface area contributed by atoms with Crippen LogP contribution in [0.3, 0.4) is 0 Å². The lowest BCUT2D eigenvalue weighted by Crippen LogP contribution is -2.28. The molecule has 0 radical (unpaired) electrons. The summed E-state index contributed by atoms with van der Waals surface area (Å²) < 4.78 is 21.4. The van der Waals surface area contributed by atoms with Crippen molar-refractivity contribution in [3.8, 4) is 23.0 Å². The van der Waals surface area contributed by atoms with E-state index >= 15 is 0 Å². The van der Waals surface area contributed by atoms with Crippen LogP contribution in [0, 0.1) is 0 Å². The van der Waals surface area contributed by atoms with Gasteiger partial charge < -0.3 is 23.8 Å². The number of carbonyl (C=O) groups excluding carboxylic acids is 1. The molecule has 0 bridgehead atoms. The maximum atomic E-state index is 13.0. The summed E-state index contributed by atoms with van der Waals surface area (Å²) in [6.45, 7) is 1.66. The molecule has 2 heterocycles. The lowest BCUT2D eigenvalue weighted by molar-refractivity contribution is 0.0787. The van der Waals surface area contributed by atoms with Crippen LogP contribution in [0.15, 0.2) is 36.4 Å². The molecule has 2 aliphatic heterocycles. The Morgan fingerprint density at radius 3 is 2.73 bits per heavy atom. The van der Waals surface area contributed by atoms with E-state index in [0.29, 0.717) is 30.2 Å². The van der Waals surface area contributed by atoms with E-state index in [2.05, 4.69) is 6.07 Å². The number of carbonyl (C=O) groups is 1. The molecule has 1 unspecified atom stereocenters. The Bertz CT molecular complexity index is 835. The lowest BCUT2D eigenvalue weighted by atomic mass is 9.98. The molecular formula is C20H21NO5. The minimum atomic E-state index is -0.0206. The fourth-order valence-electron chi connectivity index (χ4n) is 3.53. The van der Waals surface area contributed by atoms with Gasteiger partial charge in [0.25, 0.3) is 5.91 Å². The number of hydrogen-bond acceptors (Lipinski definition) is 5. The summed E-state index contributed by atoms with van der Waals surface area (Å²) in [5.41, 5.74) is 1.73. The fourth-order valence-corrected chi connectivity index (χ4v) is 3.53. The Morgan fingerprint density at radius 1 is 1.08 bits per heavy atom. The Balaban J connectivity index is 1.51. The Morgan fingerprint density at radius 2 is 1.92 bits per heavy atom. The molecular weight excluding hydrogens is 334 g/mol. The Kier molecular flexibility index (Phi) is 4.32. The molecule has 2 aliphatic rings. The maximum absolute atomic E-state index is 13.0. The monoisotopic (exact) mass is 355 g/mol. The summed E-state index contributed by atoms with van der Waals surface area (Å²) in [7, 11) is 3.15. The third kappa shape index (κ3) is 2.92. The highest BCUT2D eigenvalue weighted by atomic mass is 16.7. The second-order valence-electron chi connectivity index (χ2n) is 6.42. The van der Waals surface area contributed by atoms with E-state index in [0.717, 1.165) is 17.9 Å². The van der Waals surface area contributed by atoms with Gasteiger partial charge in [0.1, 0.15) is 11.5 Å². The molecule has 0 spiro atoms. The van der Waals surface area contributed by atoms with E-state index in [-0.39, 0.29) is 18.6 Å². The van der Waals surface area contributed by atoms with Crippen molar-refractivity contribution < 1.29 is 23.7 Å². The SMILES string of the molecule is COc1ccc(C(=O)N2CCC(c3ccc4c(c3)OCO4)C2)c(OC)c1. The summed E-state index contributed by atoms with van der Waals surface area (Å²) >= 11 is 0. The topological polar surface area (TPSA) is 57.2 Å². The van der Waals surface area contributed by atoms with Crippen LogP contribution in [0.1, 0.15) is 28.3 Å². The number of fused-ring (bicyclic) bond motifs is 1. The lowest BCUT2D eigenvalue weighted by Gasteiger charge is -2.19. The zero-order valence-electron chi connectivity index (χ0n) is 14.9. The van der Waals surface area contributed by atoms with Gasteiger partial charge in [-0.05, 0) is 36.2 Å². The van der Waals surface area contributed by atoms with Gasteiger partial charge in [0.15, 0.2) is 11.5 Å². The first-order valence-electron chi connectivity index (χ1n) is 8.60. The minimum absolute atomic E-state index is 0.0206. The van der Waals surface area contributed by atoms with E-state index in [9.17, 15) is 4.79 Å². The van der Waals surface area contributed by atoms with Gasteiger partial charge in [-0.1, -0.05) is 6.07 Å². The number of rotatable bonds is 4. The molecule has 6 heteroatoms. The van der Waals surface area contributed by atoms with Crippen LogP contribution in [0.4, 0.5) is 0 Å². The highest BCUT2D eigenvalue weighted by molar-refractivity contribution is 5.97. The van der Waals surface area contributed by atoms with Crippen LogP contribution in [0.2, 0.25) is 0 Å². The van der Waals surface area contributed by atoms with Crippen LogP contribution in [0.5, 0.6) is 23.0 Å². The zero-order valence-corrected chi connectivity index (χ0v) is 14.9. The molecule has 6 nitrogen and oxygen atoms in total. The number of nitrogens with zero attached hydrogens (tertiary/aromatic N) is 1. The summed E-state index contributed by atoms with van der Waals surface area (Å²) in [4.78, 5) is 14.8. The Hall–Kier alpha value is -2.89. The molecule has 1 fully saturated rings. The zero-order chi connectivity index (χ0) is 18.1. The third-order valence-electron chi connectivity index (χ3n) is 4.98. The van der Waals surface area contributed by atoms with Crippen molar-refractivity contribution in [3.05, 3.63) is 47.5 Å². The first-order valence-corrected chi connectivity index (χ1v) is 8.60. The van der Waals surface area contributed by atoms with Crippen LogP contribution in [-0.4, -0.2) is 44.9 Å². The van der Waals surface area contributed by atoms with E-state index in [1.165, 1.54) is 5.56 Å². The highest BCUT2D eigenvalue weighted by Crippen LogP contribution is 2.37. The average Bonchev–Trinajstić information content (AvgIpc) is 3.35. The molecule has 1 atom stereocenters. The van der Waals surface area contributed by atoms with Gasteiger partial charge in [-0.15, -0.1) is 0 Å². The molecule has 0 saturated carbocycles. The molecule has 2 aromatic rings. The number of hydrogen-bond donors (Lipinski definition) is 0. The second kappa shape index (κ2) is 6.78. The van der Waals surface area contributed by atoms with Gasteiger partial charge in [0.2, 0.25) is 6.79 Å². The molecule has 0 N–H and O–H groups in total. The molecule has 1 saturated heterocycles. The van der Waals surface area contributed by atoms with Gasteiger partial charge in [0, 0.05) is 25.1 Å². The molecule has 26 heavy (non-hydrogen) atoms. The van der Waals surface area contributed by atoms with Crippen LogP contribution >= 0.6 is 0 Å². The van der Waals surface area contributed by atoms with Crippen LogP contribution in [0.25, 0.3) is 0 Å². The third-order valence-corrected chi connectivity index (χ3v) is 4.98. The Labute approximate surface area is 152 Å². The number of ether oxygens (including phenoxy) is 4. The average molecular weight is 355 g/mol. The van der Waals surface area contributed by atoms with Crippen molar-refractivity contribution in [2.75, 3.05) is 34.1 Å². The predicted octanol–water partition coefficient (Wildman–Crippen LogP) is 3.06.